The quantitative estimate of drug-likeness (QED) is 0.0708. The summed E-state index contributed by atoms with van der Waals surface area (Å²) in [5, 5.41) is 0.0890. The number of hydrogen-bond donors (Lipinski definition) is 0. The van der Waals surface area contributed by atoms with E-state index in [1.807, 2.05) is 52.0 Å². The van der Waals surface area contributed by atoms with Gasteiger partial charge in [0.1, 0.15) is 5.78 Å². The van der Waals surface area contributed by atoms with Gasteiger partial charge in [0.05, 0.1) is 55.9 Å². The molecule has 4 heterocycles. The van der Waals surface area contributed by atoms with Crippen molar-refractivity contribution < 1.29 is 51.5 Å². The van der Waals surface area contributed by atoms with Gasteiger partial charge in [-0.25, -0.2) is 0 Å². The van der Waals surface area contributed by atoms with Gasteiger partial charge >= 0.3 is 0 Å². The Labute approximate surface area is 383 Å². The maximum Gasteiger partial charge on any atom is 0.283 e. The first kappa shape index (κ1) is 52.6. The van der Waals surface area contributed by atoms with Crippen molar-refractivity contribution in [2.24, 2.45) is 5.92 Å². The van der Waals surface area contributed by atoms with Crippen molar-refractivity contribution in [2.75, 3.05) is 19.8 Å². The van der Waals surface area contributed by atoms with Crippen molar-refractivity contribution >= 4 is 22.4 Å². The van der Waals surface area contributed by atoms with Gasteiger partial charge < -0.3 is 46.7 Å². The molecule has 4 aliphatic heterocycles. The summed E-state index contributed by atoms with van der Waals surface area (Å²) in [5.41, 5.74) is 1.16. The summed E-state index contributed by atoms with van der Waals surface area (Å²) in [6.45, 7) is 37.1. The lowest BCUT2D eigenvalue weighted by atomic mass is 9.87. The van der Waals surface area contributed by atoms with Gasteiger partial charge in [0.15, 0.2) is 28.2 Å². The highest BCUT2D eigenvalue weighted by molar-refractivity contribution is 6.74. The van der Waals surface area contributed by atoms with Crippen LogP contribution in [0.2, 0.25) is 36.3 Å². The fourth-order valence-electron chi connectivity index (χ4n) is 8.88. The van der Waals surface area contributed by atoms with Gasteiger partial charge in [0.2, 0.25) is 0 Å². The molecule has 0 bridgehead atoms. The maximum absolute atomic E-state index is 14.2. The summed E-state index contributed by atoms with van der Waals surface area (Å²) in [6, 6.07) is 10.3. The standard InChI is InChI=1S/C50H86O11Si2/c1-16-41-42(26-30-54-62(12,13)46(2,3)4)59-50(27-20-28-53-50)60-44(41)32-37(51)31-40-34-45(58-49(10,11)57-40)43(61-63(14,15)47(5,6)7)24-23-38-33-39(56-48(8,9)55-38)25-29-52-35-36-21-18-17-19-22-36/h16-19,21-22,38-45H,1,20,23-35H2,2-15H3/t38-,39+,40-,41+,42+,43+,44+,45-,50?/m1/s1. The second kappa shape index (κ2) is 21.3. The Hall–Kier alpha value is -1.34. The average molecular weight is 919 g/mol. The Bertz CT molecular complexity index is 1600. The first-order valence-electron chi connectivity index (χ1n) is 24.0. The molecular weight excluding hydrogens is 833 g/mol. The van der Waals surface area contributed by atoms with E-state index in [2.05, 4.69) is 86.4 Å². The molecule has 4 fully saturated rings. The molecule has 1 unspecified atom stereocenters. The van der Waals surface area contributed by atoms with Gasteiger partial charge in [-0.15, -0.1) is 6.58 Å². The van der Waals surface area contributed by atoms with E-state index >= 15 is 0 Å². The van der Waals surface area contributed by atoms with Crippen molar-refractivity contribution in [2.45, 2.75) is 237 Å². The summed E-state index contributed by atoms with van der Waals surface area (Å²) in [7, 11) is -4.21. The summed E-state index contributed by atoms with van der Waals surface area (Å²) < 4.78 is 65.4. The molecule has 1 spiro atoms. The van der Waals surface area contributed by atoms with Crippen LogP contribution in [-0.2, 0) is 58.1 Å². The highest BCUT2D eigenvalue weighted by Gasteiger charge is 2.51. The van der Waals surface area contributed by atoms with Crippen LogP contribution in [0.15, 0.2) is 43.0 Å². The van der Waals surface area contributed by atoms with Gasteiger partial charge in [-0.1, -0.05) is 78.0 Å². The third-order valence-corrected chi connectivity index (χ3v) is 23.3. The van der Waals surface area contributed by atoms with Crippen molar-refractivity contribution in [3.63, 3.8) is 0 Å². The zero-order valence-electron chi connectivity index (χ0n) is 41.7. The fraction of sp³-hybridized carbons (Fsp3) is 0.820. The number of carbonyl (C=O) groups is 1. The van der Waals surface area contributed by atoms with Crippen LogP contribution >= 0.6 is 0 Å². The van der Waals surface area contributed by atoms with Gasteiger partial charge in [0, 0.05) is 51.2 Å². The van der Waals surface area contributed by atoms with Crippen molar-refractivity contribution in [1.29, 1.82) is 0 Å². The zero-order valence-corrected chi connectivity index (χ0v) is 43.7. The summed E-state index contributed by atoms with van der Waals surface area (Å²) in [5.74, 6) is -2.92. The third kappa shape index (κ3) is 15.1. The smallest absolute Gasteiger partial charge is 0.283 e. The molecular formula is C50H86O11Si2. The molecule has 11 nitrogen and oxygen atoms in total. The van der Waals surface area contributed by atoms with Crippen LogP contribution in [0.1, 0.15) is 139 Å². The first-order valence-corrected chi connectivity index (χ1v) is 29.8. The molecule has 0 saturated carbocycles. The number of benzene rings is 1. The topological polar surface area (TPSA) is 109 Å². The SMILES string of the molecule is C=C[C@H]1[C@H](CCO[Si](C)(C)C(C)(C)C)OC2(CCCO2)O[C@H]1CC(=O)C[C@@H]1C[C@H]([C@H](CC[C@@H]2C[C@H](CCOCc3ccccc3)OC(C)(C)O2)O[Si](C)(C)C(C)(C)C)OC(C)(C)O1. The van der Waals surface area contributed by atoms with Crippen LogP contribution in [0.25, 0.3) is 0 Å². The van der Waals surface area contributed by atoms with E-state index in [0.717, 1.165) is 37.7 Å². The van der Waals surface area contributed by atoms with Gasteiger partial charge in [-0.3, -0.25) is 4.79 Å². The number of hydrogen-bond acceptors (Lipinski definition) is 11. The summed E-state index contributed by atoms with van der Waals surface area (Å²) >= 11 is 0. The van der Waals surface area contributed by atoms with Crippen molar-refractivity contribution in [3.05, 3.63) is 48.6 Å². The van der Waals surface area contributed by atoms with E-state index in [1.165, 1.54) is 0 Å². The second-order valence-electron chi connectivity index (χ2n) is 22.6. The van der Waals surface area contributed by atoms with E-state index < -0.39 is 40.3 Å². The van der Waals surface area contributed by atoms with Gasteiger partial charge in [0.25, 0.3) is 5.97 Å². The van der Waals surface area contributed by atoms with Crippen LogP contribution in [0, 0.1) is 5.92 Å². The molecule has 360 valence electrons. The monoisotopic (exact) mass is 919 g/mol. The highest BCUT2D eigenvalue weighted by atomic mass is 28.4. The maximum atomic E-state index is 14.2. The molecule has 4 aliphatic rings. The molecule has 4 saturated heterocycles. The minimum absolute atomic E-state index is 0.0101. The Morgan fingerprint density at radius 1 is 0.778 bits per heavy atom. The predicted octanol–water partition coefficient (Wildman–Crippen LogP) is 11.4. The third-order valence-electron chi connectivity index (χ3n) is 14.2. The molecule has 13 heteroatoms. The Morgan fingerprint density at radius 2 is 1.40 bits per heavy atom. The van der Waals surface area contributed by atoms with E-state index in [-0.39, 0.29) is 71.2 Å². The van der Waals surface area contributed by atoms with Crippen LogP contribution in [0.4, 0.5) is 0 Å². The number of rotatable bonds is 20. The van der Waals surface area contributed by atoms with Crippen LogP contribution in [0.3, 0.4) is 0 Å². The summed E-state index contributed by atoms with van der Waals surface area (Å²) in [4.78, 5) is 14.2. The van der Waals surface area contributed by atoms with Gasteiger partial charge in [-0.05, 0) is 102 Å². The van der Waals surface area contributed by atoms with Crippen molar-refractivity contribution in [1.82, 2.24) is 0 Å². The van der Waals surface area contributed by atoms with Crippen LogP contribution in [-0.4, -0.2) is 103 Å². The average Bonchev–Trinajstić information content (AvgIpc) is 3.60. The fourth-order valence-corrected chi connectivity index (χ4v) is 11.3. The highest BCUT2D eigenvalue weighted by Crippen LogP contribution is 2.44. The predicted molar refractivity (Wildman–Crippen MR) is 252 cm³/mol. The first-order chi connectivity index (χ1) is 29.2. The molecule has 0 radical (unpaired) electrons. The van der Waals surface area contributed by atoms with E-state index in [4.69, 9.17) is 46.7 Å². The number of ketones is 1. The minimum atomic E-state index is -2.25. The lowest BCUT2D eigenvalue weighted by Crippen LogP contribution is -2.55. The molecule has 1 aromatic rings. The largest absolute Gasteiger partial charge is 0.417 e. The number of carbonyl (C=O) groups excluding carboxylic acids is 1. The van der Waals surface area contributed by atoms with E-state index in [9.17, 15) is 4.79 Å². The van der Waals surface area contributed by atoms with Crippen LogP contribution < -0.4 is 0 Å². The van der Waals surface area contributed by atoms with Crippen LogP contribution in [0.5, 0.6) is 0 Å². The molecule has 5 rings (SSSR count). The Kier molecular flexibility index (Phi) is 17.8. The minimum Gasteiger partial charge on any atom is -0.417 e. The number of ether oxygens (including phenoxy) is 8. The Morgan fingerprint density at radius 3 is 2.02 bits per heavy atom. The molecule has 63 heavy (non-hydrogen) atoms. The van der Waals surface area contributed by atoms with E-state index in [1.54, 1.807) is 0 Å². The molecule has 9 atom stereocenters. The molecule has 0 aromatic heterocycles. The zero-order chi connectivity index (χ0) is 46.5. The summed E-state index contributed by atoms with van der Waals surface area (Å²) in [6.07, 6.45) is 6.53. The lowest BCUT2D eigenvalue weighted by molar-refractivity contribution is -0.424. The molecule has 0 amide bonds. The molecule has 0 aliphatic carbocycles. The normalized spacial score (nSPS) is 30.9. The van der Waals surface area contributed by atoms with Gasteiger partial charge in [-0.2, -0.15) is 0 Å². The second-order valence-corrected chi connectivity index (χ2v) is 32.1. The van der Waals surface area contributed by atoms with Crippen molar-refractivity contribution in [3.8, 4) is 0 Å². The Balaban J connectivity index is 1.25. The molecule has 0 N–H and O–H groups in total. The number of Topliss-reactive ketones (excluding diaryl/α,β-unsaturated/α-hetero) is 1. The lowest BCUT2D eigenvalue weighted by Gasteiger charge is -2.47. The molecule has 1 aromatic carbocycles. The van der Waals surface area contributed by atoms with E-state index in [0.29, 0.717) is 45.7 Å².